The van der Waals surface area contributed by atoms with Crippen LogP contribution in [0, 0.1) is 11.8 Å². The Balaban J connectivity index is 1.71. The molecule has 1 N–H and O–H groups in total. The lowest BCUT2D eigenvalue weighted by Crippen LogP contribution is -3.20. The minimum atomic E-state index is -0.208. The van der Waals surface area contributed by atoms with Gasteiger partial charge in [-0.1, -0.05) is 31.2 Å². The van der Waals surface area contributed by atoms with Crippen LogP contribution < -0.4 is 4.90 Å². The summed E-state index contributed by atoms with van der Waals surface area (Å²) in [5, 5.41) is 1.09. The highest BCUT2D eigenvalue weighted by atomic mass is 16.5. The zero-order chi connectivity index (χ0) is 18.8. The molecule has 142 valence electrons. The number of nitrogens with zero attached hydrogens (tertiary/aromatic N) is 1. The molecule has 0 spiro atoms. The molecule has 1 unspecified atom stereocenters. The summed E-state index contributed by atoms with van der Waals surface area (Å²) >= 11 is 0. The second kappa shape index (κ2) is 7.81. The largest absolute Gasteiger partial charge is 0.451 e. The summed E-state index contributed by atoms with van der Waals surface area (Å²) in [5.41, 5.74) is 2.06. The Kier molecular flexibility index (Phi) is 5.26. The van der Waals surface area contributed by atoms with Crippen molar-refractivity contribution >= 4 is 16.9 Å². The summed E-state index contributed by atoms with van der Waals surface area (Å²) in [5.74, 6) is 1.15. The molecule has 3 aliphatic rings. The van der Waals surface area contributed by atoms with Gasteiger partial charge in [-0.25, -0.2) is 0 Å². The van der Waals surface area contributed by atoms with Gasteiger partial charge in [0.05, 0.1) is 18.6 Å². The normalized spacial score (nSPS) is 28.0. The monoisotopic (exact) mass is 365 g/mol. The lowest BCUT2D eigenvalue weighted by molar-refractivity contribution is -0.949. The van der Waals surface area contributed by atoms with Crippen molar-refractivity contribution < 1.29 is 14.4 Å². The van der Waals surface area contributed by atoms with Crippen molar-refractivity contribution in [3.05, 3.63) is 54.7 Å². The minimum Gasteiger partial charge on any atom is -0.451 e. The molecular formula is C23H29N2O2+. The van der Waals surface area contributed by atoms with Gasteiger partial charge < -0.3 is 9.64 Å². The second-order valence-electron chi connectivity index (χ2n) is 7.98. The third-order valence-corrected chi connectivity index (χ3v) is 6.39. The Bertz CT molecular complexity index is 829. The average molecular weight is 365 g/mol. The summed E-state index contributed by atoms with van der Waals surface area (Å²) in [6, 6.07) is 10.5. The SMILES string of the molecule is C=C[C@H]1C[NH+]2CC[C@@H]1C[C@H]2[C@H](OC(=O)CCC)c1ccnc2ccccc12. The maximum absolute atomic E-state index is 12.5. The van der Waals surface area contributed by atoms with Crippen LogP contribution in [0.25, 0.3) is 10.9 Å². The molecule has 0 aliphatic carbocycles. The number of fused-ring (bicyclic) bond motifs is 4. The molecule has 1 aromatic heterocycles. The third kappa shape index (κ3) is 3.51. The molecular weight excluding hydrogens is 336 g/mol. The molecule has 2 aromatic rings. The highest BCUT2D eigenvalue weighted by Gasteiger charge is 2.47. The number of quaternary nitrogens is 1. The number of ether oxygens (including phenoxy) is 1. The van der Waals surface area contributed by atoms with Crippen LogP contribution in [-0.4, -0.2) is 30.1 Å². The van der Waals surface area contributed by atoms with Crippen LogP contribution in [0.1, 0.15) is 44.3 Å². The van der Waals surface area contributed by atoms with Gasteiger partial charge in [0.1, 0.15) is 6.04 Å². The topological polar surface area (TPSA) is 43.6 Å². The molecule has 27 heavy (non-hydrogen) atoms. The second-order valence-corrected chi connectivity index (χ2v) is 7.98. The van der Waals surface area contributed by atoms with Gasteiger partial charge >= 0.3 is 5.97 Å². The highest BCUT2D eigenvalue weighted by Crippen LogP contribution is 2.36. The molecule has 3 aliphatic heterocycles. The van der Waals surface area contributed by atoms with E-state index in [0.717, 1.165) is 42.4 Å². The standard InChI is InChI=1S/C23H28N2O2/c1-3-7-22(26)27-23(19-10-12-24-20-9-6-5-8-18(19)20)21-14-17-11-13-25(21)15-16(17)4-2/h4-6,8-10,12,16-17,21,23H,2-3,7,11,13-15H2,1H3/p+1/t16-,17+,21-,23+/m0/s1. The maximum atomic E-state index is 12.5. The summed E-state index contributed by atoms with van der Waals surface area (Å²) in [6.07, 6.45) is 7.38. The molecule has 5 atom stereocenters. The quantitative estimate of drug-likeness (QED) is 0.632. The first kappa shape index (κ1) is 18.2. The Morgan fingerprint density at radius 1 is 1.41 bits per heavy atom. The Morgan fingerprint density at radius 2 is 2.26 bits per heavy atom. The Morgan fingerprint density at radius 3 is 3.00 bits per heavy atom. The Hall–Kier alpha value is -2.20. The molecule has 2 bridgehead atoms. The lowest BCUT2D eigenvalue weighted by Gasteiger charge is -2.48. The van der Waals surface area contributed by atoms with Crippen LogP contribution in [-0.2, 0) is 9.53 Å². The van der Waals surface area contributed by atoms with E-state index in [1.807, 2.05) is 37.4 Å². The number of piperidine rings is 3. The number of rotatable bonds is 6. The predicted octanol–water partition coefficient (Wildman–Crippen LogP) is 3.10. The van der Waals surface area contributed by atoms with Crippen LogP contribution >= 0.6 is 0 Å². The molecule has 4 nitrogen and oxygen atoms in total. The van der Waals surface area contributed by atoms with Gasteiger partial charge in [-0.3, -0.25) is 9.78 Å². The molecule has 3 saturated heterocycles. The van der Waals surface area contributed by atoms with E-state index in [4.69, 9.17) is 4.74 Å². The summed E-state index contributed by atoms with van der Waals surface area (Å²) < 4.78 is 6.13. The number of carbonyl (C=O) groups excluding carboxylic acids is 1. The highest BCUT2D eigenvalue weighted by molar-refractivity contribution is 5.82. The van der Waals surface area contributed by atoms with Gasteiger partial charge in [0.25, 0.3) is 0 Å². The van der Waals surface area contributed by atoms with E-state index in [1.54, 1.807) is 4.90 Å². The Labute approximate surface area is 161 Å². The van der Waals surface area contributed by atoms with Crippen molar-refractivity contribution in [1.29, 1.82) is 0 Å². The zero-order valence-corrected chi connectivity index (χ0v) is 16.1. The van der Waals surface area contributed by atoms with Crippen molar-refractivity contribution in [3.8, 4) is 0 Å². The van der Waals surface area contributed by atoms with Gasteiger partial charge in [0.2, 0.25) is 0 Å². The van der Waals surface area contributed by atoms with Crippen LogP contribution in [0.4, 0.5) is 0 Å². The van der Waals surface area contributed by atoms with Crippen LogP contribution in [0.15, 0.2) is 49.2 Å². The molecule has 1 aromatic carbocycles. The van der Waals surface area contributed by atoms with Gasteiger partial charge in [0.15, 0.2) is 6.10 Å². The number of carbonyl (C=O) groups is 1. The number of aromatic nitrogens is 1. The van der Waals surface area contributed by atoms with Crippen molar-refractivity contribution in [2.45, 2.75) is 44.8 Å². The van der Waals surface area contributed by atoms with Gasteiger partial charge in [-0.2, -0.15) is 0 Å². The molecule has 3 fully saturated rings. The van der Waals surface area contributed by atoms with Gasteiger partial charge in [-0.05, 0) is 24.5 Å². The van der Waals surface area contributed by atoms with Crippen molar-refractivity contribution in [3.63, 3.8) is 0 Å². The van der Waals surface area contributed by atoms with E-state index in [9.17, 15) is 4.79 Å². The van der Waals surface area contributed by atoms with Crippen LogP contribution in [0.3, 0.4) is 0 Å². The first-order chi connectivity index (χ1) is 13.2. The fourth-order valence-corrected chi connectivity index (χ4v) is 5.03. The van der Waals surface area contributed by atoms with Crippen molar-refractivity contribution in [1.82, 2.24) is 4.98 Å². The number of hydrogen-bond donors (Lipinski definition) is 1. The molecule has 5 rings (SSSR count). The number of para-hydroxylation sites is 1. The lowest BCUT2D eigenvalue weighted by atomic mass is 9.73. The predicted molar refractivity (Wildman–Crippen MR) is 106 cm³/mol. The molecule has 4 heteroatoms. The van der Waals surface area contributed by atoms with E-state index >= 15 is 0 Å². The summed E-state index contributed by atoms with van der Waals surface area (Å²) in [7, 11) is 0. The molecule has 4 heterocycles. The van der Waals surface area contributed by atoms with E-state index in [1.165, 1.54) is 6.42 Å². The number of esters is 1. The van der Waals surface area contributed by atoms with Crippen LogP contribution in [0.2, 0.25) is 0 Å². The molecule has 0 radical (unpaired) electrons. The number of hydrogen-bond acceptors (Lipinski definition) is 3. The van der Waals surface area contributed by atoms with Gasteiger partial charge in [-0.15, -0.1) is 6.58 Å². The minimum absolute atomic E-state index is 0.0919. The third-order valence-electron chi connectivity index (χ3n) is 6.39. The first-order valence-corrected chi connectivity index (χ1v) is 10.2. The van der Waals surface area contributed by atoms with Crippen molar-refractivity contribution in [2.24, 2.45) is 11.8 Å². The maximum Gasteiger partial charge on any atom is 0.306 e. The van der Waals surface area contributed by atoms with Crippen molar-refractivity contribution in [2.75, 3.05) is 13.1 Å². The fraction of sp³-hybridized carbons (Fsp3) is 0.478. The van der Waals surface area contributed by atoms with E-state index < -0.39 is 0 Å². The number of pyridine rings is 1. The van der Waals surface area contributed by atoms with Gasteiger partial charge in [0, 0.05) is 42.3 Å². The fourth-order valence-electron chi connectivity index (χ4n) is 5.03. The smallest absolute Gasteiger partial charge is 0.306 e. The average Bonchev–Trinajstić information content (AvgIpc) is 2.72. The zero-order valence-electron chi connectivity index (χ0n) is 16.1. The number of nitrogens with one attached hydrogen (secondary N) is 1. The summed E-state index contributed by atoms with van der Waals surface area (Å²) in [6.45, 7) is 8.31. The molecule has 0 amide bonds. The van der Waals surface area contributed by atoms with E-state index in [2.05, 4.69) is 23.7 Å². The first-order valence-electron chi connectivity index (χ1n) is 10.2. The summed E-state index contributed by atoms with van der Waals surface area (Å²) in [4.78, 5) is 18.5. The van der Waals surface area contributed by atoms with E-state index in [-0.39, 0.29) is 12.1 Å². The van der Waals surface area contributed by atoms with Crippen LogP contribution in [0.5, 0.6) is 0 Å². The number of benzene rings is 1. The molecule has 0 saturated carbocycles. The van der Waals surface area contributed by atoms with E-state index in [0.29, 0.717) is 24.3 Å².